The van der Waals surface area contributed by atoms with Crippen LogP contribution in [-0.2, 0) is 11.3 Å². The monoisotopic (exact) mass is 352 g/mol. The van der Waals surface area contributed by atoms with E-state index in [1.54, 1.807) is 0 Å². The van der Waals surface area contributed by atoms with Crippen molar-refractivity contribution in [2.45, 2.75) is 6.54 Å². The van der Waals surface area contributed by atoms with Crippen LogP contribution in [-0.4, -0.2) is 10.9 Å². The lowest BCUT2D eigenvalue weighted by Gasteiger charge is -2.09. The maximum absolute atomic E-state index is 12.9. The Morgan fingerprint density at radius 2 is 1.52 bits per heavy atom. The molecule has 27 heavy (non-hydrogen) atoms. The first-order valence-corrected chi connectivity index (χ1v) is 8.96. The zero-order valence-electron chi connectivity index (χ0n) is 14.9. The predicted octanol–water partition coefficient (Wildman–Crippen LogP) is 5.02. The van der Waals surface area contributed by atoms with Crippen molar-refractivity contribution in [3.63, 3.8) is 0 Å². The van der Waals surface area contributed by atoms with Crippen molar-refractivity contribution in [1.82, 2.24) is 10.3 Å². The molecule has 132 valence electrons. The van der Waals surface area contributed by atoms with Gasteiger partial charge in [-0.2, -0.15) is 0 Å². The van der Waals surface area contributed by atoms with Crippen LogP contribution >= 0.6 is 0 Å². The maximum Gasteiger partial charge on any atom is 0.252 e. The number of hydrogen-bond donors (Lipinski definition) is 2. The summed E-state index contributed by atoms with van der Waals surface area (Å²) in [5.74, 6) is -0.0938. The second-order valence-electron chi connectivity index (χ2n) is 6.40. The molecule has 1 aromatic heterocycles. The highest BCUT2D eigenvalue weighted by atomic mass is 16.1. The molecule has 2 N–H and O–H groups in total. The van der Waals surface area contributed by atoms with E-state index < -0.39 is 0 Å². The van der Waals surface area contributed by atoms with E-state index in [-0.39, 0.29) is 5.91 Å². The Morgan fingerprint density at radius 3 is 2.26 bits per heavy atom. The molecular weight excluding hydrogens is 332 g/mol. The van der Waals surface area contributed by atoms with Gasteiger partial charge in [-0.1, -0.05) is 78.9 Å². The van der Waals surface area contributed by atoms with Gasteiger partial charge in [0, 0.05) is 16.8 Å². The molecule has 0 atom stereocenters. The molecule has 0 unspecified atom stereocenters. The third-order valence-electron chi connectivity index (χ3n) is 4.47. The summed E-state index contributed by atoms with van der Waals surface area (Å²) < 4.78 is 0. The van der Waals surface area contributed by atoms with E-state index in [0.29, 0.717) is 12.1 Å². The SMILES string of the molecule is O=C(NCc1cc2ccccc2[nH]1)/C(=C\c1ccccc1)c1ccccc1. The van der Waals surface area contributed by atoms with Crippen molar-refractivity contribution in [1.29, 1.82) is 0 Å². The first kappa shape index (κ1) is 16.9. The highest BCUT2D eigenvalue weighted by Gasteiger charge is 2.12. The van der Waals surface area contributed by atoms with Crippen molar-refractivity contribution in [3.05, 3.63) is 108 Å². The summed E-state index contributed by atoms with van der Waals surface area (Å²) in [5, 5.41) is 4.18. The summed E-state index contributed by atoms with van der Waals surface area (Å²) in [6.07, 6.45) is 1.93. The van der Waals surface area contributed by atoms with Crippen LogP contribution in [0.3, 0.4) is 0 Å². The summed E-state index contributed by atoms with van der Waals surface area (Å²) >= 11 is 0. The number of carbonyl (C=O) groups excluding carboxylic acids is 1. The van der Waals surface area contributed by atoms with Gasteiger partial charge in [0.15, 0.2) is 0 Å². The molecule has 0 fully saturated rings. The summed E-state index contributed by atoms with van der Waals surface area (Å²) in [5.41, 5.74) is 4.60. The number of carbonyl (C=O) groups is 1. The number of nitrogens with one attached hydrogen (secondary N) is 2. The van der Waals surface area contributed by atoms with Crippen LogP contribution in [0.15, 0.2) is 91.0 Å². The van der Waals surface area contributed by atoms with Crippen LogP contribution in [0.5, 0.6) is 0 Å². The summed E-state index contributed by atoms with van der Waals surface area (Å²) in [4.78, 5) is 16.3. The van der Waals surface area contributed by atoms with Gasteiger partial charge in [0.25, 0.3) is 5.91 Å². The number of amides is 1. The van der Waals surface area contributed by atoms with E-state index in [4.69, 9.17) is 0 Å². The molecule has 3 heteroatoms. The first-order chi connectivity index (χ1) is 13.3. The van der Waals surface area contributed by atoms with Gasteiger partial charge in [-0.25, -0.2) is 0 Å². The van der Waals surface area contributed by atoms with Gasteiger partial charge in [0.2, 0.25) is 0 Å². The predicted molar refractivity (Wildman–Crippen MR) is 111 cm³/mol. The molecule has 0 aliphatic rings. The van der Waals surface area contributed by atoms with Gasteiger partial charge in [-0.05, 0) is 34.7 Å². The second-order valence-corrected chi connectivity index (χ2v) is 6.40. The summed E-state index contributed by atoms with van der Waals surface area (Å²) in [6.45, 7) is 0.451. The molecule has 4 aromatic rings. The van der Waals surface area contributed by atoms with E-state index in [1.807, 2.05) is 84.9 Å². The number of hydrogen-bond acceptors (Lipinski definition) is 1. The molecule has 4 rings (SSSR count). The molecule has 0 aliphatic heterocycles. The molecule has 1 amide bonds. The molecule has 0 bridgehead atoms. The van der Waals surface area contributed by atoms with Crippen molar-refractivity contribution < 1.29 is 4.79 Å². The maximum atomic E-state index is 12.9. The highest BCUT2D eigenvalue weighted by Crippen LogP contribution is 2.19. The Morgan fingerprint density at radius 1 is 0.852 bits per heavy atom. The first-order valence-electron chi connectivity index (χ1n) is 8.96. The van der Waals surface area contributed by atoms with Crippen LogP contribution in [0.25, 0.3) is 22.6 Å². The molecular formula is C24H20N2O. The topological polar surface area (TPSA) is 44.9 Å². The van der Waals surface area contributed by atoms with E-state index in [2.05, 4.69) is 22.4 Å². The van der Waals surface area contributed by atoms with Crippen LogP contribution in [0.1, 0.15) is 16.8 Å². The highest BCUT2D eigenvalue weighted by molar-refractivity contribution is 6.24. The van der Waals surface area contributed by atoms with Crippen LogP contribution in [0.2, 0.25) is 0 Å². The van der Waals surface area contributed by atoms with Gasteiger partial charge in [-0.3, -0.25) is 4.79 Å². The van der Waals surface area contributed by atoms with Crippen LogP contribution in [0.4, 0.5) is 0 Å². The molecule has 0 aliphatic carbocycles. The minimum Gasteiger partial charge on any atom is -0.357 e. The van der Waals surface area contributed by atoms with E-state index in [9.17, 15) is 4.79 Å². The number of benzene rings is 3. The minimum atomic E-state index is -0.0938. The molecule has 0 radical (unpaired) electrons. The van der Waals surface area contributed by atoms with Crippen molar-refractivity contribution in [3.8, 4) is 0 Å². The lowest BCUT2D eigenvalue weighted by molar-refractivity contribution is -0.115. The lowest BCUT2D eigenvalue weighted by atomic mass is 10.0. The van der Waals surface area contributed by atoms with Gasteiger partial charge in [0.05, 0.1) is 6.54 Å². The van der Waals surface area contributed by atoms with Crippen LogP contribution in [0, 0.1) is 0 Å². The Hall–Kier alpha value is -3.59. The standard InChI is InChI=1S/C24H20N2O/c27-24(25-17-21-16-20-13-7-8-14-23(20)26-21)22(19-11-5-2-6-12-19)15-18-9-3-1-4-10-18/h1-16,26H,17H2,(H,25,27)/b22-15-. The summed E-state index contributed by atoms with van der Waals surface area (Å²) in [7, 11) is 0. The minimum absolute atomic E-state index is 0.0938. The smallest absolute Gasteiger partial charge is 0.252 e. The third-order valence-corrected chi connectivity index (χ3v) is 4.47. The fourth-order valence-electron chi connectivity index (χ4n) is 3.11. The molecule has 0 spiro atoms. The lowest BCUT2D eigenvalue weighted by Crippen LogP contribution is -2.24. The second kappa shape index (κ2) is 7.75. The zero-order chi connectivity index (χ0) is 18.5. The van der Waals surface area contributed by atoms with E-state index in [0.717, 1.165) is 27.7 Å². The molecule has 0 saturated heterocycles. The quantitative estimate of drug-likeness (QED) is 0.384. The van der Waals surface area contributed by atoms with Gasteiger partial charge < -0.3 is 10.3 Å². The van der Waals surface area contributed by atoms with Gasteiger partial charge >= 0.3 is 0 Å². The average Bonchev–Trinajstić information content (AvgIpc) is 3.15. The van der Waals surface area contributed by atoms with Crippen LogP contribution < -0.4 is 5.32 Å². The average molecular weight is 352 g/mol. The number of H-pyrrole nitrogens is 1. The fraction of sp³-hybridized carbons (Fsp3) is 0.0417. The van der Waals surface area contributed by atoms with Gasteiger partial charge in [0.1, 0.15) is 0 Å². The van der Waals surface area contributed by atoms with Crippen molar-refractivity contribution in [2.24, 2.45) is 0 Å². The normalized spacial score (nSPS) is 11.5. The number of aromatic amines is 1. The van der Waals surface area contributed by atoms with Crippen molar-refractivity contribution in [2.75, 3.05) is 0 Å². The fourth-order valence-corrected chi connectivity index (χ4v) is 3.11. The number of fused-ring (bicyclic) bond motifs is 1. The molecule has 3 aromatic carbocycles. The molecule has 0 saturated carbocycles. The largest absolute Gasteiger partial charge is 0.357 e. The Bertz CT molecular complexity index is 1050. The number of aromatic nitrogens is 1. The van der Waals surface area contributed by atoms with Crippen molar-refractivity contribution >= 4 is 28.5 Å². The molecule has 3 nitrogen and oxygen atoms in total. The number of para-hydroxylation sites is 1. The van der Waals surface area contributed by atoms with E-state index in [1.165, 1.54) is 0 Å². The Balaban J connectivity index is 1.58. The van der Waals surface area contributed by atoms with E-state index >= 15 is 0 Å². The van der Waals surface area contributed by atoms with Gasteiger partial charge in [-0.15, -0.1) is 0 Å². The number of rotatable bonds is 5. The Kier molecular flexibility index (Phi) is 4.84. The third kappa shape index (κ3) is 3.98. The molecule has 1 heterocycles. The Labute approximate surface area is 158 Å². The zero-order valence-corrected chi connectivity index (χ0v) is 14.9. The summed E-state index contributed by atoms with van der Waals surface area (Å²) in [6, 6.07) is 29.8.